The first-order chi connectivity index (χ1) is 8.28. The smallest absolute Gasteiger partial charge is 0.0964 e. The molecule has 1 unspecified atom stereocenters. The van der Waals surface area contributed by atoms with Crippen molar-refractivity contribution < 1.29 is 0 Å². The fourth-order valence-electron chi connectivity index (χ4n) is 1.41. The van der Waals surface area contributed by atoms with Gasteiger partial charge in [0.15, 0.2) is 0 Å². The van der Waals surface area contributed by atoms with Crippen molar-refractivity contribution in [3.63, 3.8) is 0 Å². The summed E-state index contributed by atoms with van der Waals surface area (Å²) in [6, 6.07) is 3.88. The van der Waals surface area contributed by atoms with Crippen molar-refractivity contribution >= 4 is 23.4 Å². The van der Waals surface area contributed by atoms with Gasteiger partial charge in [-0.1, -0.05) is 25.4 Å². The number of thioether (sulfide) groups is 1. The van der Waals surface area contributed by atoms with Gasteiger partial charge in [-0.2, -0.15) is 0 Å². The van der Waals surface area contributed by atoms with Crippen LogP contribution in [-0.2, 0) is 0 Å². The van der Waals surface area contributed by atoms with Crippen LogP contribution in [0.15, 0.2) is 23.4 Å². The van der Waals surface area contributed by atoms with Gasteiger partial charge in [-0.25, -0.2) is 4.98 Å². The molecule has 0 amide bonds. The summed E-state index contributed by atoms with van der Waals surface area (Å²) in [6.45, 7) is 12.0. The predicted octanol–water partition coefficient (Wildman–Crippen LogP) is 4.24. The third kappa shape index (κ3) is 6.07. The second kappa shape index (κ2) is 6.78. The summed E-state index contributed by atoms with van der Waals surface area (Å²) in [6.07, 6.45) is 1.71. The van der Waals surface area contributed by atoms with Gasteiger partial charge in [0.1, 0.15) is 0 Å². The summed E-state index contributed by atoms with van der Waals surface area (Å²) in [5, 5.41) is 5.80. The molecule has 1 aromatic rings. The normalized spacial score (nSPS) is 13.9. The molecule has 2 nitrogen and oxygen atoms in total. The lowest BCUT2D eigenvalue weighted by molar-refractivity contribution is 0.408. The number of aromatic nitrogens is 1. The number of hydrogen-bond acceptors (Lipinski definition) is 3. The molecule has 1 atom stereocenters. The Bertz CT molecular complexity index is 357. The van der Waals surface area contributed by atoms with Gasteiger partial charge in [0, 0.05) is 23.5 Å². The molecule has 0 fully saturated rings. The van der Waals surface area contributed by atoms with Gasteiger partial charge in [0.25, 0.3) is 0 Å². The van der Waals surface area contributed by atoms with Crippen LogP contribution in [0.3, 0.4) is 0 Å². The fourth-order valence-corrected chi connectivity index (χ4v) is 2.53. The summed E-state index contributed by atoms with van der Waals surface area (Å²) in [7, 11) is 0. The number of hydrogen-bond donors (Lipinski definition) is 1. The Morgan fingerprint density at radius 3 is 2.44 bits per heavy atom. The molecule has 1 rings (SSSR count). The second-order valence-corrected chi connectivity index (χ2v) is 7.54. The van der Waals surface area contributed by atoms with Gasteiger partial charge in [-0.3, -0.25) is 0 Å². The first-order valence-corrected chi connectivity index (χ1v) is 7.57. The number of nitrogens with one attached hydrogen (secondary N) is 1. The Morgan fingerprint density at radius 1 is 1.33 bits per heavy atom. The van der Waals surface area contributed by atoms with Gasteiger partial charge < -0.3 is 5.32 Å². The average Bonchev–Trinajstić information content (AvgIpc) is 2.25. The van der Waals surface area contributed by atoms with Gasteiger partial charge in [-0.05, 0) is 38.8 Å². The molecule has 0 radical (unpaired) electrons. The SMILES string of the molecule is CC(C)C(CNC(C)(C)C)Sc1ccc(Cl)cn1. The van der Waals surface area contributed by atoms with E-state index < -0.39 is 0 Å². The Hall–Kier alpha value is -0.250. The van der Waals surface area contributed by atoms with Crippen LogP contribution in [0.4, 0.5) is 0 Å². The van der Waals surface area contributed by atoms with Crippen LogP contribution < -0.4 is 5.32 Å². The molecule has 0 aliphatic carbocycles. The van der Waals surface area contributed by atoms with Crippen LogP contribution in [0.1, 0.15) is 34.6 Å². The molecule has 0 saturated carbocycles. The van der Waals surface area contributed by atoms with E-state index in [1.807, 2.05) is 23.9 Å². The number of halogens is 1. The fraction of sp³-hybridized carbons (Fsp3) is 0.643. The molecule has 0 aliphatic heterocycles. The average molecular weight is 287 g/mol. The Morgan fingerprint density at radius 2 is 2.00 bits per heavy atom. The summed E-state index contributed by atoms with van der Waals surface area (Å²) in [5.41, 5.74) is 0.154. The molecule has 0 spiro atoms. The van der Waals surface area contributed by atoms with E-state index in [1.54, 1.807) is 6.20 Å². The summed E-state index contributed by atoms with van der Waals surface area (Å²) in [5.74, 6) is 0.599. The highest BCUT2D eigenvalue weighted by Crippen LogP contribution is 2.27. The molecule has 0 aliphatic rings. The molecule has 0 bridgehead atoms. The van der Waals surface area contributed by atoms with Crippen LogP contribution >= 0.6 is 23.4 Å². The van der Waals surface area contributed by atoms with Crippen molar-refractivity contribution in [2.75, 3.05) is 6.54 Å². The molecular formula is C14H23ClN2S. The lowest BCUT2D eigenvalue weighted by Gasteiger charge is -2.27. The van der Waals surface area contributed by atoms with Crippen LogP contribution in [0, 0.1) is 5.92 Å². The minimum Gasteiger partial charge on any atom is -0.311 e. The summed E-state index contributed by atoms with van der Waals surface area (Å²) < 4.78 is 0. The molecule has 0 saturated heterocycles. The van der Waals surface area contributed by atoms with E-state index in [2.05, 4.69) is 44.9 Å². The molecule has 0 aromatic carbocycles. The maximum atomic E-state index is 5.85. The topological polar surface area (TPSA) is 24.9 Å². The monoisotopic (exact) mass is 286 g/mol. The standard InChI is InChI=1S/C14H23ClN2S/c1-10(2)12(9-17-14(3,4)5)18-13-7-6-11(15)8-16-13/h6-8,10,12,17H,9H2,1-5H3. The van der Waals surface area contributed by atoms with Crippen molar-refractivity contribution in [1.29, 1.82) is 0 Å². The van der Waals surface area contributed by atoms with Gasteiger partial charge in [0.05, 0.1) is 10.0 Å². The molecule has 18 heavy (non-hydrogen) atoms. The lowest BCUT2D eigenvalue weighted by Crippen LogP contribution is -2.41. The zero-order chi connectivity index (χ0) is 13.8. The zero-order valence-corrected chi connectivity index (χ0v) is 13.4. The van der Waals surface area contributed by atoms with E-state index in [-0.39, 0.29) is 5.54 Å². The van der Waals surface area contributed by atoms with E-state index in [1.165, 1.54) is 0 Å². The van der Waals surface area contributed by atoms with Crippen molar-refractivity contribution in [3.05, 3.63) is 23.4 Å². The van der Waals surface area contributed by atoms with Crippen molar-refractivity contribution in [2.24, 2.45) is 5.92 Å². The lowest BCUT2D eigenvalue weighted by atomic mass is 10.1. The number of pyridine rings is 1. The molecular weight excluding hydrogens is 264 g/mol. The Balaban J connectivity index is 2.60. The summed E-state index contributed by atoms with van der Waals surface area (Å²) in [4.78, 5) is 4.35. The Kier molecular flexibility index (Phi) is 5.96. The highest BCUT2D eigenvalue weighted by atomic mass is 35.5. The largest absolute Gasteiger partial charge is 0.311 e. The highest BCUT2D eigenvalue weighted by Gasteiger charge is 2.18. The second-order valence-electron chi connectivity index (χ2n) is 5.85. The minimum absolute atomic E-state index is 0.154. The van der Waals surface area contributed by atoms with Gasteiger partial charge >= 0.3 is 0 Å². The van der Waals surface area contributed by atoms with E-state index in [0.717, 1.165) is 11.6 Å². The minimum atomic E-state index is 0.154. The maximum absolute atomic E-state index is 5.85. The highest BCUT2D eigenvalue weighted by molar-refractivity contribution is 7.99. The zero-order valence-electron chi connectivity index (χ0n) is 11.8. The maximum Gasteiger partial charge on any atom is 0.0964 e. The quantitative estimate of drug-likeness (QED) is 0.820. The molecule has 4 heteroatoms. The van der Waals surface area contributed by atoms with Crippen LogP contribution in [-0.4, -0.2) is 22.3 Å². The van der Waals surface area contributed by atoms with Gasteiger partial charge in [0.2, 0.25) is 0 Å². The van der Waals surface area contributed by atoms with E-state index in [9.17, 15) is 0 Å². The number of rotatable bonds is 5. The summed E-state index contributed by atoms with van der Waals surface area (Å²) >= 11 is 7.66. The molecule has 1 N–H and O–H groups in total. The third-order valence-electron chi connectivity index (χ3n) is 2.55. The van der Waals surface area contributed by atoms with Crippen LogP contribution in [0.5, 0.6) is 0 Å². The first kappa shape index (κ1) is 15.8. The molecule has 1 heterocycles. The predicted molar refractivity (Wildman–Crippen MR) is 81.5 cm³/mol. The van der Waals surface area contributed by atoms with E-state index in [0.29, 0.717) is 16.2 Å². The van der Waals surface area contributed by atoms with Gasteiger partial charge in [-0.15, -0.1) is 11.8 Å². The van der Waals surface area contributed by atoms with Crippen LogP contribution in [0.25, 0.3) is 0 Å². The number of nitrogens with zero attached hydrogens (tertiary/aromatic N) is 1. The van der Waals surface area contributed by atoms with Crippen molar-refractivity contribution in [1.82, 2.24) is 10.3 Å². The van der Waals surface area contributed by atoms with E-state index in [4.69, 9.17) is 11.6 Å². The third-order valence-corrected chi connectivity index (χ3v) is 4.27. The molecule has 102 valence electrons. The first-order valence-electron chi connectivity index (χ1n) is 6.31. The van der Waals surface area contributed by atoms with Crippen LogP contribution in [0.2, 0.25) is 5.02 Å². The van der Waals surface area contributed by atoms with Crippen molar-refractivity contribution in [3.8, 4) is 0 Å². The molecule has 1 aromatic heterocycles. The van der Waals surface area contributed by atoms with Crippen molar-refractivity contribution in [2.45, 2.75) is 50.4 Å². The van der Waals surface area contributed by atoms with E-state index >= 15 is 0 Å². The Labute approximate surface area is 120 Å².